The molecule has 2 aromatic rings. The highest BCUT2D eigenvalue weighted by atomic mass is 35.5. The minimum Gasteiger partial charge on any atom is -0.376 e. The number of benzene rings is 1. The lowest BCUT2D eigenvalue weighted by Crippen LogP contribution is -2.08. The Balaban J connectivity index is 2.16. The number of fused-ring (bicyclic) bond motifs is 1. The van der Waals surface area contributed by atoms with Gasteiger partial charge in [0.2, 0.25) is 0 Å². The molecule has 0 fully saturated rings. The summed E-state index contributed by atoms with van der Waals surface area (Å²) in [4.78, 5) is 0. The van der Waals surface area contributed by atoms with Crippen molar-refractivity contribution in [2.24, 2.45) is 0 Å². The van der Waals surface area contributed by atoms with E-state index in [4.69, 9.17) is 16.3 Å². The van der Waals surface area contributed by atoms with Crippen LogP contribution in [-0.2, 0) is 17.8 Å². The summed E-state index contributed by atoms with van der Waals surface area (Å²) in [5.74, 6) is -0.338. The van der Waals surface area contributed by atoms with Crippen molar-refractivity contribution in [1.29, 1.82) is 0 Å². The number of ether oxygens (including phenoxy) is 1. The number of hydrogen-bond acceptors (Lipinski definition) is 2. The summed E-state index contributed by atoms with van der Waals surface area (Å²) in [7, 11) is 0. The van der Waals surface area contributed by atoms with Crippen LogP contribution < -0.4 is 0 Å². The second-order valence-electron chi connectivity index (χ2n) is 3.88. The van der Waals surface area contributed by atoms with Crippen LogP contribution in [0.2, 0.25) is 5.15 Å². The molecule has 0 amide bonds. The van der Waals surface area contributed by atoms with Crippen molar-refractivity contribution in [3.05, 3.63) is 46.5 Å². The van der Waals surface area contributed by atoms with Crippen LogP contribution in [0.25, 0.3) is 5.69 Å². The number of aromatic nitrogens is 2. The van der Waals surface area contributed by atoms with Crippen molar-refractivity contribution in [1.82, 2.24) is 9.78 Å². The van der Waals surface area contributed by atoms with Gasteiger partial charge in [0.05, 0.1) is 18.9 Å². The Hall–Kier alpha value is -1.39. The molecule has 88 valence electrons. The summed E-state index contributed by atoms with van der Waals surface area (Å²) < 4.78 is 20.4. The third-order valence-corrected chi connectivity index (χ3v) is 3.20. The Bertz CT molecular complexity index is 568. The van der Waals surface area contributed by atoms with Crippen molar-refractivity contribution in [3.63, 3.8) is 0 Å². The lowest BCUT2D eigenvalue weighted by atomic mass is 10.2. The second kappa shape index (κ2) is 4.13. The Morgan fingerprint density at radius 3 is 2.94 bits per heavy atom. The molecule has 0 bridgehead atoms. The minimum absolute atomic E-state index is 0.338. The SMILES string of the molecule is Fc1ccccc1-n1nc2c(c1Cl)COCC2. The van der Waals surface area contributed by atoms with Gasteiger partial charge in [-0.3, -0.25) is 0 Å². The summed E-state index contributed by atoms with van der Waals surface area (Å²) in [6.45, 7) is 1.08. The maximum atomic E-state index is 13.7. The van der Waals surface area contributed by atoms with Gasteiger partial charge in [0.1, 0.15) is 16.7 Å². The molecule has 5 heteroatoms. The molecule has 2 heterocycles. The fraction of sp³-hybridized carbons (Fsp3) is 0.250. The van der Waals surface area contributed by atoms with Gasteiger partial charge in [0.25, 0.3) is 0 Å². The van der Waals surface area contributed by atoms with E-state index in [0.29, 0.717) is 24.1 Å². The number of halogens is 2. The molecule has 0 aliphatic carbocycles. The predicted octanol–water partition coefficient (Wildman–Crippen LogP) is 2.74. The monoisotopic (exact) mass is 252 g/mol. The van der Waals surface area contributed by atoms with Crippen LogP contribution in [0.1, 0.15) is 11.3 Å². The van der Waals surface area contributed by atoms with E-state index in [0.717, 1.165) is 17.7 Å². The molecule has 0 radical (unpaired) electrons. The van der Waals surface area contributed by atoms with E-state index in [9.17, 15) is 4.39 Å². The molecule has 0 unspecified atom stereocenters. The van der Waals surface area contributed by atoms with Gasteiger partial charge in [-0.25, -0.2) is 9.07 Å². The van der Waals surface area contributed by atoms with E-state index >= 15 is 0 Å². The molecule has 0 atom stereocenters. The Kier molecular flexibility index (Phi) is 2.61. The first kappa shape index (κ1) is 10.7. The smallest absolute Gasteiger partial charge is 0.148 e. The van der Waals surface area contributed by atoms with Gasteiger partial charge in [0.15, 0.2) is 0 Å². The maximum absolute atomic E-state index is 13.7. The number of para-hydroxylation sites is 1. The standard InChI is InChI=1S/C12H10ClFN2O/c13-12-8-7-17-6-5-10(8)15-16(12)11-4-2-1-3-9(11)14/h1-4H,5-7H2. The van der Waals surface area contributed by atoms with Gasteiger partial charge in [-0.1, -0.05) is 23.7 Å². The highest BCUT2D eigenvalue weighted by Crippen LogP contribution is 2.28. The van der Waals surface area contributed by atoms with Crippen LogP contribution in [0.15, 0.2) is 24.3 Å². The lowest BCUT2D eigenvalue weighted by molar-refractivity contribution is 0.110. The number of hydrogen-bond donors (Lipinski definition) is 0. The van der Waals surface area contributed by atoms with E-state index in [1.165, 1.54) is 10.7 Å². The molecule has 0 saturated heterocycles. The Labute approximate surface area is 103 Å². The van der Waals surface area contributed by atoms with Crippen molar-refractivity contribution < 1.29 is 9.13 Å². The second-order valence-corrected chi connectivity index (χ2v) is 4.24. The third kappa shape index (κ3) is 1.73. The van der Waals surface area contributed by atoms with Crippen molar-refractivity contribution in [3.8, 4) is 5.69 Å². The molecule has 0 spiro atoms. The zero-order chi connectivity index (χ0) is 11.8. The van der Waals surface area contributed by atoms with Crippen LogP contribution in [0, 0.1) is 5.82 Å². The normalized spacial score (nSPS) is 14.7. The molecule has 0 saturated carbocycles. The lowest BCUT2D eigenvalue weighted by Gasteiger charge is -2.09. The minimum atomic E-state index is -0.338. The molecular formula is C12H10ClFN2O. The summed E-state index contributed by atoms with van der Waals surface area (Å²) in [5.41, 5.74) is 2.12. The van der Waals surface area contributed by atoms with Gasteiger partial charge >= 0.3 is 0 Å². The first-order chi connectivity index (χ1) is 8.27. The van der Waals surface area contributed by atoms with Crippen molar-refractivity contribution in [2.45, 2.75) is 13.0 Å². The average Bonchev–Trinajstić information content (AvgIpc) is 2.68. The maximum Gasteiger partial charge on any atom is 0.148 e. The van der Waals surface area contributed by atoms with E-state index < -0.39 is 0 Å². The fourth-order valence-corrected chi connectivity index (χ4v) is 2.23. The molecule has 3 nitrogen and oxygen atoms in total. The summed E-state index contributed by atoms with van der Waals surface area (Å²) in [5, 5.41) is 4.78. The molecule has 17 heavy (non-hydrogen) atoms. The topological polar surface area (TPSA) is 27.1 Å². The van der Waals surface area contributed by atoms with Crippen molar-refractivity contribution in [2.75, 3.05) is 6.61 Å². The average molecular weight is 253 g/mol. The van der Waals surface area contributed by atoms with E-state index in [-0.39, 0.29) is 5.82 Å². The fourth-order valence-electron chi connectivity index (χ4n) is 1.94. The van der Waals surface area contributed by atoms with Gasteiger partial charge in [-0.15, -0.1) is 0 Å². The molecule has 1 aliphatic heterocycles. The largest absolute Gasteiger partial charge is 0.376 e. The Morgan fingerprint density at radius 2 is 2.18 bits per heavy atom. The van der Waals surface area contributed by atoms with Gasteiger partial charge in [-0.05, 0) is 12.1 Å². The van der Waals surface area contributed by atoms with Gasteiger partial charge in [0, 0.05) is 12.0 Å². The summed E-state index contributed by atoms with van der Waals surface area (Å²) in [6.07, 6.45) is 0.719. The zero-order valence-corrected chi connectivity index (χ0v) is 9.75. The summed E-state index contributed by atoms with van der Waals surface area (Å²) in [6, 6.07) is 6.44. The summed E-state index contributed by atoms with van der Waals surface area (Å²) >= 11 is 6.20. The van der Waals surface area contributed by atoms with Crippen molar-refractivity contribution >= 4 is 11.6 Å². The highest BCUT2D eigenvalue weighted by molar-refractivity contribution is 6.30. The van der Waals surface area contributed by atoms with Crippen LogP contribution >= 0.6 is 11.6 Å². The molecule has 0 N–H and O–H groups in total. The predicted molar refractivity (Wildman–Crippen MR) is 61.9 cm³/mol. The molecule has 1 aromatic heterocycles. The van der Waals surface area contributed by atoms with Crippen LogP contribution in [0.3, 0.4) is 0 Å². The van der Waals surface area contributed by atoms with E-state index in [1.807, 2.05) is 0 Å². The number of nitrogens with zero attached hydrogens (tertiary/aromatic N) is 2. The van der Waals surface area contributed by atoms with Gasteiger partial charge in [-0.2, -0.15) is 5.10 Å². The third-order valence-electron chi connectivity index (χ3n) is 2.81. The zero-order valence-electron chi connectivity index (χ0n) is 8.99. The first-order valence-corrected chi connectivity index (χ1v) is 5.74. The molecule has 1 aromatic carbocycles. The van der Waals surface area contributed by atoms with Crippen LogP contribution in [0.4, 0.5) is 4.39 Å². The number of rotatable bonds is 1. The van der Waals surface area contributed by atoms with Gasteiger partial charge < -0.3 is 4.74 Å². The molecular weight excluding hydrogens is 243 g/mol. The quantitative estimate of drug-likeness (QED) is 0.780. The van der Waals surface area contributed by atoms with Crippen LogP contribution in [-0.4, -0.2) is 16.4 Å². The molecule has 1 aliphatic rings. The van der Waals surface area contributed by atoms with E-state index in [2.05, 4.69) is 5.10 Å². The highest BCUT2D eigenvalue weighted by Gasteiger charge is 2.21. The van der Waals surface area contributed by atoms with Crippen LogP contribution in [0.5, 0.6) is 0 Å². The molecule has 3 rings (SSSR count). The first-order valence-electron chi connectivity index (χ1n) is 5.36. The van der Waals surface area contributed by atoms with E-state index in [1.54, 1.807) is 18.2 Å². The Morgan fingerprint density at radius 1 is 1.35 bits per heavy atom.